The monoisotopic (exact) mass is 496 g/mol. The van der Waals surface area contributed by atoms with E-state index in [1.165, 1.54) is 0 Å². The van der Waals surface area contributed by atoms with Crippen LogP contribution in [0.15, 0.2) is 77.8 Å². The van der Waals surface area contributed by atoms with Gasteiger partial charge in [0.1, 0.15) is 5.60 Å². The molecule has 190 valence electrons. The molecule has 0 bridgehead atoms. The van der Waals surface area contributed by atoms with Crippen LogP contribution in [0, 0.1) is 0 Å². The molecule has 0 aliphatic carbocycles. The van der Waals surface area contributed by atoms with Crippen LogP contribution in [0.25, 0.3) is 11.1 Å². The lowest BCUT2D eigenvalue weighted by atomic mass is 9.97. The number of amides is 2. The van der Waals surface area contributed by atoms with E-state index in [1.54, 1.807) is 4.90 Å². The molecule has 7 nitrogen and oxygen atoms in total. The molecule has 5 rings (SSSR count). The minimum Gasteiger partial charge on any atom is -0.444 e. The van der Waals surface area contributed by atoms with Crippen LogP contribution in [0.4, 0.5) is 16.2 Å². The average molecular weight is 497 g/mol. The minimum atomic E-state index is -0.630. The fraction of sp³-hybridized carbons (Fsp3) is 0.300. The van der Waals surface area contributed by atoms with Gasteiger partial charge in [0, 0.05) is 38.0 Å². The Labute approximate surface area is 217 Å². The largest absolute Gasteiger partial charge is 0.444 e. The molecule has 0 aromatic heterocycles. The Morgan fingerprint density at radius 1 is 0.919 bits per heavy atom. The molecule has 1 saturated heterocycles. The van der Waals surface area contributed by atoms with Gasteiger partial charge >= 0.3 is 6.09 Å². The molecule has 0 saturated carbocycles. The number of rotatable bonds is 3. The van der Waals surface area contributed by atoms with Gasteiger partial charge in [0.2, 0.25) is 0 Å². The summed E-state index contributed by atoms with van der Waals surface area (Å²) in [6.45, 7) is 7.96. The predicted octanol–water partition coefficient (Wildman–Crippen LogP) is 5.52. The molecule has 37 heavy (non-hydrogen) atoms. The molecule has 0 radical (unpaired) electrons. The second kappa shape index (κ2) is 10.1. The standard InChI is InChI=1S/C30H32N4O3/c1-30(2,3)37-29(36)34-18-16-33(17-19-34)25-15-14-23(21-10-6-4-7-11-21)24-20-31-26(28(35)32-27(24)25)22-12-8-5-9-13-22/h4-15,20,26H,16-19H2,1-3H3,(H,32,35)/t26-/m0/s1. The summed E-state index contributed by atoms with van der Waals surface area (Å²) in [5.41, 5.74) is 4.93. The predicted molar refractivity (Wildman–Crippen MR) is 147 cm³/mol. The SMILES string of the molecule is CC(C)(C)OC(=O)N1CCN(c2ccc(-c3ccccc3)c3c2NC(=O)[C@H](c2ccccc2)N=C3)CC1. The van der Waals surface area contributed by atoms with Crippen molar-refractivity contribution in [3.63, 3.8) is 0 Å². The van der Waals surface area contributed by atoms with Crippen LogP contribution in [0.2, 0.25) is 0 Å². The van der Waals surface area contributed by atoms with E-state index in [1.807, 2.05) is 75.5 Å². The summed E-state index contributed by atoms with van der Waals surface area (Å²) < 4.78 is 5.55. The molecule has 1 fully saturated rings. The fourth-order valence-electron chi connectivity index (χ4n) is 4.74. The molecule has 2 aliphatic rings. The Morgan fingerprint density at radius 2 is 1.57 bits per heavy atom. The third kappa shape index (κ3) is 5.35. The lowest BCUT2D eigenvalue weighted by Crippen LogP contribution is -2.50. The van der Waals surface area contributed by atoms with E-state index in [0.29, 0.717) is 26.2 Å². The molecule has 1 atom stereocenters. The van der Waals surface area contributed by atoms with Crippen LogP contribution in [0.5, 0.6) is 0 Å². The topological polar surface area (TPSA) is 74.2 Å². The van der Waals surface area contributed by atoms with E-state index in [-0.39, 0.29) is 12.0 Å². The number of carbonyl (C=O) groups is 2. The van der Waals surface area contributed by atoms with Crippen molar-refractivity contribution in [3.05, 3.63) is 83.9 Å². The maximum Gasteiger partial charge on any atom is 0.410 e. The zero-order valence-electron chi connectivity index (χ0n) is 21.5. The average Bonchev–Trinajstić information content (AvgIpc) is 3.07. The number of benzene rings is 3. The number of hydrogen-bond donors (Lipinski definition) is 1. The van der Waals surface area contributed by atoms with E-state index in [0.717, 1.165) is 33.6 Å². The first-order valence-electron chi connectivity index (χ1n) is 12.6. The van der Waals surface area contributed by atoms with Crippen molar-refractivity contribution < 1.29 is 14.3 Å². The van der Waals surface area contributed by atoms with Gasteiger partial charge in [-0.05, 0) is 43.5 Å². The lowest BCUT2D eigenvalue weighted by Gasteiger charge is -2.37. The van der Waals surface area contributed by atoms with E-state index in [4.69, 9.17) is 9.73 Å². The maximum atomic E-state index is 13.4. The normalized spacial score (nSPS) is 17.6. The number of aliphatic imine (C=N–C) groups is 1. The van der Waals surface area contributed by atoms with Gasteiger partial charge in [0.05, 0.1) is 11.4 Å². The van der Waals surface area contributed by atoms with E-state index in [2.05, 4.69) is 34.5 Å². The molecule has 0 spiro atoms. The molecule has 2 heterocycles. The van der Waals surface area contributed by atoms with Crippen molar-refractivity contribution in [2.24, 2.45) is 4.99 Å². The fourth-order valence-corrected chi connectivity index (χ4v) is 4.74. The molecular formula is C30H32N4O3. The highest BCUT2D eigenvalue weighted by atomic mass is 16.6. The number of hydrogen-bond acceptors (Lipinski definition) is 5. The number of nitrogens with one attached hydrogen (secondary N) is 1. The Morgan fingerprint density at radius 3 is 2.22 bits per heavy atom. The Bertz CT molecular complexity index is 1310. The Kier molecular flexibility index (Phi) is 6.70. The van der Waals surface area contributed by atoms with Crippen LogP contribution in [0.1, 0.15) is 37.9 Å². The summed E-state index contributed by atoms with van der Waals surface area (Å²) >= 11 is 0. The van der Waals surface area contributed by atoms with Gasteiger partial charge in [-0.1, -0.05) is 66.7 Å². The number of carbonyl (C=O) groups excluding carboxylic acids is 2. The summed E-state index contributed by atoms with van der Waals surface area (Å²) in [7, 11) is 0. The van der Waals surface area contributed by atoms with Crippen molar-refractivity contribution in [2.75, 3.05) is 36.4 Å². The van der Waals surface area contributed by atoms with Crippen molar-refractivity contribution in [1.82, 2.24) is 4.90 Å². The molecule has 7 heteroatoms. The molecular weight excluding hydrogens is 464 g/mol. The molecule has 2 aliphatic heterocycles. The van der Waals surface area contributed by atoms with Crippen LogP contribution >= 0.6 is 0 Å². The van der Waals surface area contributed by atoms with Gasteiger partial charge in [-0.3, -0.25) is 9.79 Å². The van der Waals surface area contributed by atoms with Crippen LogP contribution in [0.3, 0.4) is 0 Å². The van der Waals surface area contributed by atoms with Gasteiger partial charge in [-0.2, -0.15) is 0 Å². The van der Waals surface area contributed by atoms with Gasteiger partial charge in [0.15, 0.2) is 6.04 Å². The second-order valence-electron chi connectivity index (χ2n) is 10.3. The minimum absolute atomic E-state index is 0.167. The lowest BCUT2D eigenvalue weighted by molar-refractivity contribution is -0.117. The first kappa shape index (κ1) is 24.6. The molecule has 1 N–H and O–H groups in total. The molecule has 2 amide bonds. The Hall–Kier alpha value is -4.13. The number of benzodiazepines with no additional fused rings is 1. The summed E-state index contributed by atoms with van der Waals surface area (Å²) in [5.74, 6) is -0.167. The third-order valence-corrected chi connectivity index (χ3v) is 6.54. The molecule has 3 aromatic rings. The van der Waals surface area contributed by atoms with Crippen molar-refractivity contribution in [2.45, 2.75) is 32.4 Å². The van der Waals surface area contributed by atoms with Gasteiger partial charge in [-0.15, -0.1) is 0 Å². The van der Waals surface area contributed by atoms with Crippen LogP contribution < -0.4 is 10.2 Å². The number of nitrogens with zero attached hydrogens (tertiary/aromatic N) is 3. The van der Waals surface area contributed by atoms with Crippen LogP contribution in [-0.4, -0.2) is 54.9 Å². The number of anilines is 2. The van der Waals surface area contributed by atoms with Gasteiger partial charge in [-0.25, -0.2) is 4.79 Å². The Balaban J connectivity index is 1.48. The van der Waals surface area contributed by atoms with Gasteiger partial charge in [0.25, 0.3) is 5.91 Å². The summed E-state index contributed by atoms with van der Waals surface area (Å²) in [6, 6.07) is 23.2. The number of ether oxygens (including phenoxy) is 1. The van der Waals surface area contributed by atoms with Crippen molar-refractivity contribution in [3.8, 4) is 11.1 Å². The zero-order valence-corrected chi connectivity index (χ0v) is 21.5. The zero-order chi connectivity index (χ0) is 26.0. The van der Waals surface area contributed by atoms with E-state index < -0.39 is 11.6 Å². The summed E-state index contributed by atoms with van der Waals surface area (Å²) in [4.78, 5) is 34.7. The highest BCUT2D eigenvalue weighted by Gasteiger charge is 2.30. The highest BCUT2D eigenvalue weighted by Crippen LogP contribution is 2.39. The highest BCUT2D eigenvalue weighted by molar-refractivity contribution is 6.10. The second-order valence-corrected chi connectivity index (χ2v) is 10.3. The molecule has 3 aromatic carbocycles. The third-order valence-electron chi connectivity index (χ3n) is 6.54. The van der Waals surface area contributed by atoms with E-state index in [9.17, 15) is 9.59 Å². The molecule has 0 unspecified atom stereocenters. The van der Waals surface area contributed by atoms with E-state index >= 15 is 0 Å². The van der Waals surface area contributed by atoms with Crippen molar-refractivity contribution >= 4 is 29.6 Å². The smallest absolute Gasteiger partial charge is 0.410 e. The summed E-state index contributed by atoms with van der Waals surface area (Å²) in [5, 5.41) is 3.20. The number of fused-ring (bicyclic) bond motifs is 1. The maximum absolute atomic E-state index is 13.4. The van der Waals surface area contributed by atoms with Gasteiger partial charge < -0.3 is 19.9 Å². The van der Waals surface area contributed by atoms with Crippen molar-refractivity contribution in [1.29, 1.82) is 0 Å². The van der Waals surface area contributed by atoms with Crippen LogP contribution in [-0.2, 0) is 9.53 Å². The quantitative estimate of drug-likeness (QED) is 0.518. The summed E-state index contributed by atoms with van der Waals surface area (Å²) in [6.07, 6.45) is 1.53. The number of piperazine rings is 1. The first-order valence-corrected chi connectivity index (χ1v) is 12.6. The first-order chi connectivity index (χ1) is 17.8.